The molecule has 1 aromatic carbocycles. The number of rotatable bonds is 7. The summed E-state index contributed by atoms with van der Waals surface area (Å²) < 4.78 is 1.74. The van der Waals surface area contributed by atoms with Crippen molar-refractivity contribution in [2.45, 2.75) is 24.4 Å². The fourth-order valence-electron chi connectivity index (χ4n) is 3.19. The minimum atomic E-state index is -0.342. The van der Waals surface area contributed by atoms with Gasteiger partial charge in [-0.15, -0.1) is 15.3 Å². The molecule has 3 N–H and O–H groups in total. The number of carbonyl (C=O) groups excluding carboxylic acids is 2. The van der Waals surface area contributed by atoms with E-state index in [-0.39, 0.29) is 17.6 Å². The maximum atomic E-state index is 12.6. The van der Waals surface area contributed by atoms with Crippen LogP contribution in [0.25, 0.3) is 0 Å². The molecule has 0 spiro atoms. The van der Waals surface area contributed by atoms with E-state index < -0.39 is 0 Å². The van der Waals surface area contributed by atoms with Gasteiger partial charge in [0.15, 0.2) is 5.16 Å². The highest BCUT2D eigenvalue weighted by molar-refractivity contribution is 7.99. The van der Waals surface area contributed by atoms with Crippen LogP contribution in [0.15, 0.2) is 35.7 Å². The molecule has 11 nitrogen and oxygen atoms in total. The topological polar surface area (TPSA) is 134 Å². The molecular formula is C19H23N9O2S. The molecule has 1 saturated heterocycles. The summed E-state index contributed by atoms with van der Waals surface area (Å²) in [5, 5.41) is 20.8. The second kappa shape index (κ2) is 9.60. The number of nitrogens with zero attached hydrogens (tertiary/aromatic N) is 6. The van der Waals surface area contributed by atoms with Crippen molar-refractivity contribution < 1.29 is 9.59 Å². The van der Waals surface area contributed by atoms with Gasteiger partial charge in [-0.2, -0.15) is 4.98 Å². The van der Waals surface area contributed by atoms with Crippen LogP contribution in [0.5, 0.6) is 0 Å². The van der Waals surface area contributed by atoms with Gasteiger partial charge in [-0.05, 0) is 37.5 Å². The number of nitrogens with one attached hydrogen (secondary N) is 3. The standard InChI is InChI=1S/C19H23N9O2S/c1-27-12-20-26-19(27)31-11-15(29)21-14-7-5-6-13(10-14)16(30)22-17-23-18(25-24-17)28-8-3-2-4-9-28/h5-7,10,12H,2-4,8-9,11H2,1H3,(H,21,29)(H2,22,23,24,25,30). The number of hydrogen-bond acceptors (Lipinski definition) is 8. The molecule has 1 fully saturated rings. The fraction of sp³-hybridized carbons (Fsp3) is 0.368. The predicted octanol–water partition coefficient (Wildman–Crippen LogP) is 1.91. The molecule has 12 heteroatoms. The van der Waals surface area contributed by atoms with Crippen LogP contribution in [0.2, 0.25) is 0 Å². The summed E-state index contributed by atoms with van der Waals surface area (Å²) in [6, 6.07) is 6.72. The first-order chi connectivity index (χ1) is 15.1. The monoisotopic (exact) mass is 441 g/mol. The number of anilines is 3. The van der Waals surface area contributed by atoms with Gasteiger partial charge in [-0.1, -0.05) is 17.8 Å². The smallest absolute Gasteiger partial charge is 0.258 e. The first-order valence-electron chi connectivity index (χ1n) is 9.94. The molecule has 0 atom stereocenters. The van der Waals surface area contributed by atoms with E-state index in [0.29, 0.717) is 28.3 Å². The molecule has 2 aromatic heterocycles. The average Bonchev–Trinajstić information content (AvgIpc) is 3.42. The Morgan fingerprint density at radius 1 is 1.19 bits per heavy atom. The second-order valence-electron chi connectivity index (χ2n) is 7.13. The number of aromatic amines is 1. The van der Waals surface area contributed by atoms with Crippen molar-refractivity contribution in [3.05, 3.63) is 36.2 Å². The number of thioether (sulfide) groups is 1. The number of carbonyl (C=O) groups is 2. The van der Waals surface area contributed by atoms with Crippen LogP contribution in [0.3, 0.4) is 0 Å². The van der Waals surface area contributed by atoms with E-state index in [0.717, 1.165) is 25.9 Å². The maximum absolute atomic E-state index is 12.6. The Balaban J connectivity index is 1.33. The Morgan fingerprint density at radius 3 is 2.81 bits per heavy atom. The third-order valence-electron chi connectivity index (χ3n) is 4.76. The van der Waals surface area contributed by atoms with Gasteiger partial charge in [0.05, 0.1) is 5.75 Å². The zero-order valence-corrected chi connectivity index (χ0v) is 17.9. The van der Waals surface area contributed by atoms with E-state index in [2.05, 4.69) is 40.9 Å². The van der Waals surface area contributed by atoms with Crippen molar-refractivity contribution in [3.8, 4) is 0 Å². The van der Waals surface area contributed by atoms with Crippen LogP contribution in [-0.4, -0.2) is 60.6 Å². The molecule has 3 aromatic rings. The summed E-state index contributed by atoms with van der Waals surface area (Å²) in [5.74, 6) is 0.523. The number of benzene rings is 1. The third kappa shape index (κ3) is 5.40. The van der Waals surface area contributed by atoms with E-state index in [1.165, 1.54) is 18.2 Å². The lowest BCUT2D eigenvalue weighted by molar-refractivity contribution is -0.113. The highest BCUT2D eigenvalue weighted by Crippen LogP contribution is 2.18. The Kier molecular flexibility index (Phi) is 6.46. The van der Waals surface area contributed by atoms with Crippen molar-refractivity contribution in [2.24, 2.45) is 7.05 Å². The number of aromatic nitrogens is 6. The van der Waals surface area contributed by atoms with Crippen molar-refractivity contribution >= 4 is 41.2 Å². The Labute approximate surface area is 183 Å². The van der Waals surface area contributed by atoms with Crippen LogP contribution in [-0.2, 0) is 11.8 Å². The van der Waals surface area contributed by atoms with Crippen LogP contribution in [0.4, 0.5) is 17.6 Å². The van der Waals surface area contributed by atoms with E-state index >= 15 is 0 Å². The Bertz CT molecular complexity index is 1060. The number of piperidine rings is 1. The van der Waals surface area contributed by atoms with Crippen LogP contribution in [0, 0.1) is 0 Å². The zero-order valence-electron chi connectivity index (χ0n) is 17.0. The summed E-state index contributed by atoms with van der Waals surface area (Å²) in [6.45, 7) is 1.84. The van der Waals surface area contributed by atoms with Crippen molar-refractivity contribution in [2.75, 3.05) is 34.4 Å². The SMILES string of the molecule is Cn1cnnc1SCC(=O)Nc1cccc(C(=O)Nc2nc(N3CCCCC3)n[nH]2)c1. The zero-order chi connectivity index (χ0) is 21.6. The maximum Gasteiger partial charge on any atom is 0.258 e. The molecule has 2 amide bonds. The molecule has 0 radical (unpaired) electrons. The molecule has 0 saturated carbocycles. The fourth-order valence-corrected chi connectivity index (χ4v) is 3.88. The van der Waals surface area contributed by atoms with Gasteiger partial charge in [0.1, 0.15) is 6.33 Å². The highest BCUT2D eigenvalue weighted by Gasteiger charge is 2.17. The highest BCUT2D eigenvalue weighted by atomic mass is 32.2. The largest absolute Gasteiger partial charge is 0.340 e. The summed E-state index contributed by atoms with van der Waals surface area (Å²) >= 11 is 1.28. The number of amides is 2. The predicted molar refractivity (Wildman–Crippen MR) is 117 cm³/mol. The van der Waals surface area contributed by atoms with E-state index in [1.807, 2.05) is 7.05 Å². The molecule has 31 heavy (non-hydrogen) atoms. The van der Waals surface area contributed by atoms with Crippen molar-refractivity contribution in [1.82, 2.24) is 29.9 Å². The summed E-state index contributed by atoms with van der Waals surface area (Å²) in [5.41, 5.74) is 0.928. The first kappa shape index (κ1) is 20.8. The lowest BCUT2D eigenvalue weighted by Gasteiger charge is -2.24. The lowest BCUT2D eigenvalue weighted by Crippen LogP contribution is -2.30. The molecule has 1 aliphatic heterocycles. The van der Waals surface area contributed by atoms with Gasteiger partial charge in [0.2, 0.25) is 17.8 Å². The summed E-state index contributed by atoms with van der Waals surface area (Å²) in [6.07, 6.45) is 5.03. The van der Waals surface area contributed by atoms with Gasteiger partial charge >= 0.3 is 0 Å². The number of H-pyrrole nitrogens is 1. The molecular weight excluding hydrogens is 418 g/mol. The summed E-state index contributed by atoms with van der Waals surface area (Å²) in [7, 11) is 1.81. The first-order valence-corrected chi connectivity index (χ1v) is 10.9. The minimum absolute atomic E-state index is 0.181. The van der Waals surface area contributed by atoms with Gasteiger partial charge in [-0.3, -0.25) is 14.9 Å². The van der Waals surface area contributed by atoms with Crippen LogP contribution < -0.4 is 15.5 Å². The van der Waals surface area contributed by atoms with E-state index in [9.17, 15) is 9.59 Å². The van der Waals surface area contributed by atoms with Crippen LogP contribution >= 0.6 is 11.8 Å². The summed E-state index contributed by atoms with van der Waals surface area (Å²) in [4.78, 5) is 31.3. The van der Waals surface area contributed by atoms with Crippen molar-refractivity contribution in [3.63, 3.8) is 0 Å². The Hall–Kier alpha value is -3.41. The van der Waals surface area contributed by atoms with Gasteiger partial charge in [0, 0.05) is 31.4 Å². The average molecular weight is 442 g/mol. The Morgan fingerprint density at radius 2 is 2.03 bits per heavy atom. The normalized spacial score (nSPS) is 13.8. The molecule has 0 unspecified atom stereocenters. The minimum Gasteiger partial charge on any atom is -0.340 e. The molecule has 3 heterocycles. The third-order valence-corrected chi connectivity index (χ3v) is 5.79. The van der Waals surface area contributed by atoms with Gasteiger partial charge in [-0.25, -0.2) is 5.10 Å². The number of hydrogen-bond donors (Lipinski definition) is 3. The van der Waals surface area contributed by atoms with Crippen molar-refractivity contribution in [1.29, 1.82) is 0 Å². The molecule has 1 aliphatic rings. The lowest BCUT2D eigenvalue weighted by atomic mass is 10.1. The molecule has 4 rings (SSSR count). The van der Waals surface area contributed by atoms with Crippen LogP contribution in [0.1, 0.15) is 29.6 Å². The van der Waals surface area contributed by atoms with E-state index in [4.69, 9.17) is 0 Å². The van der Waals surface area contributed by atoms with E-state index in [1.54, 1.807) is 35.2 Å². The molecule has 0 bridgehead atoms. The van der Waals surface area contributed by atoms with Gasteiger partial charge < -0.3 is 14.8 Å². The second-order valence-corrected chi connectivity index (χ2v) is 8.07. The van der Waals surface area contributed by atoms with Gasteiger partial charge in [0.25, 0.3) is 5.91 Å². The number of aryl methyl sites for hydroxylation is 1. The quantitative estimate of drug-likeness (QED) is 0.474. The molecule has 162 valence electrons. The molecule has 0 aliphatic carbocycles.